The summed E-state index contributed by atoms with van der Waals surface area (Å²) in [6.45, 7) is 2.09. The molecule has 0 radical (unpaired) electrons. The number of esters is 1. The molecular weight excluding hydrogens is 194 g/mol. The highest BCUT2D eigenvalue weighted by Gasteiger charge is 2.12. The predicted molar refractivity (Wildman–Crippen MR) is 56.4 cm³/mol. The van der Waals surface area contributed by atoms with Gasteiger partial charge >= 0.3 is 5.97 Å². The molecule has 0 aliphatic rings. The molecule has 1 aromatic heterocycles. The van der Waals surface area contributed by atoms with Crippen LogP contribution in [0.25, 0.3) is 0 Å². The summed E-state index contributed by atoms with van der Waals surface area (Å²) in [5, 5.41) is 0. The first-order valence-corrected chi connectivity index (χ1v) is 4.88. The van der Waals surface area contributed by atoms with E-state index >= 15 is 0 Å². The molecule has 0 aliphatic heterocycles. The second kappa shape index (κ2) is 5.29. The molecule has 0 fully saturated rings. The molecule has 0 unspecified atom stereocenters. The summed E-state index contributed by atoms with van der Waals surface area (Å²) < 4.78 is 4.54. The van der Waals surface area contributed by atoms with E-state index in [0.29, 0.717) is 5.82 Å². The Hall–Kier alpha value is -1.65. The maximum absolute atomic E-state index is 11.2. The SMILES string of the molecule is CCCCc1ncc(C(=O)OC)c(N)n1. The van der Waals surface area contributed by atoms with Crippen molar-refractivity contribution in [3.8, 4) is 0 Å². The van der Waals surface area contributed by atoms with Gasteiger partial charge < -0.3 is 10.5 Å². The van der Waals surface area contributed by atoms with Crippen LogP contribution >= 0.6 is 0 Å². The third kappa shape index (κ3) is 2.90. The van der Waals surface area contributed by atoms with Gasteiger partial charge in [0.2, 0.25) is 0 Å². The Kier molecular flexibility index (Phi) is 4.03. The van der Waals surface area contributed by atoms with Crippen LogP contribution in [0.3, 0.4) is 0 Å². The van der Waals surface area contributed by atoms with Gasteiger partial charge in [-0.2, -0.15) is 0 Å². The standard InChI is InChI=1S/C10H15N3O2/c1-3-4-5-8-12-6-7(9(11)13-8)10(14)15-2/h6H,3-5H2,1-2H3,(H2,11,12,13). The topological polar surface area (TPSA) is 78.1 Å². The number of hydrogen-bond donors (Lipinski definition) is 1. The zero-order valence-corrected chi connectivity index (χ0v) is 8.99. The van der Waals surface area contributed by atoms with E-state index in [1.54, 1.807) is 0 Å². The van der Waals surface area contributed by atoms with Crippen molar-refractivity contribution >= 4 is 11.8 Å². The lowest BCUT2D eigenvalue weighted by molar-refractivity contribution is 0.0601. The van der Waals surface area contributed by atoms with Gasteiger partial charge in [0.05, 0.1) is 7.11 Å². The Labute approximate surface area is 88.7 Å². The van der Waals surface area contributed by atoms with Crippen LogP contribution in [-0.2, 0) is 11.2 Å². The van der Waals surface area contributed by atoms with E-state index in [0.717, 1.165) is 19.3 Å². The van der Waals surface area contributed by atoms with Gasteiger partial charge in [0.25, 0.3) is 0 Å². The average Bonchev–Trinajstić information content (AvgIpc) is 2.25. The van der Waals surface area contributed by atoms with Crippen LogP contribution in [-0.4, -0.2) is 23.0 Å². The van der Waals surface area contributed by atoms with Crippen LogP contribution in [0.15, 0.2) is 6.20 Å². The van der Waals surface area contributed by atoms with Gasteiger partial charge in [-0.05, 0) is 6.42 Å². The largest absolute Gasteiger partial charge is 0.465 e. The van der Waals surface area contributed by atoms with Crippen molar-refractivity contribution < 1.29 is 9.53 Å². The highest BCUT2D eigenvalue weighted by Crippen LogP contribution is 2.09. The first-order valence-electron chi connectivity index (χ1n) is 4.88. The zero-order valence-electron chi connectivity index (χ0n) is 8.99. The number of aryl methyl sites for hydroxylation is 1. The lowest BCUT2D eigenvalue weighted by Crippen LogP contribution is -2.10. The molecule has 0 amide bonds. The summed E-state index contributed by atoms with van der Waals surface area (Å²) in [6.07, 6.45) is 4.28. The minimum Gasteiger partial charge on any atom is -0.465 e. The summed E-state index contributed by atoms with van der Waals surface area (Å²) >= 11 is 0. The molecule has 5 heteroatoms. The van der Waals surface area contributed by atoms with Gasteiger partial charge in [0, 0.05) is 12.6 Å². The Morgan fingerprint density at radius 2 is 2.33 bits per heavy atom. The molecule has 5 nitrogen and oxygen atoms in total. The van der Waals surface area contributed by atoms with Crippen LogP contribution in [0.2, 0.25) is 0 Å². The summed E-state index contributed by atoms with van der Waals surface area (Å²) in [6, 6.07) is 0. The maximum atomic E-state index is 11.2. The number of nitrogens with two attached hydrogens (primary N) is 1. The Morgan fingerprint density at radius 1 is 1.60 bits per heavy atom. The van der Waals surface area contributed by atoms with Crippen molar-refractivity contribution in [2.24, 2.45) is 0 Å². The fourth-order valence-electron chi connectivity index (χ4n) is 1.16. The van der Waals surface area contributed by atoms with Crippen molar-refractivity contribution in [1.82, 2.24) is 9.97 Å². The third-order valence-corrected chi connectivity index (χ3v) is 2.03. The molecule has 82 valence electrons. The van der Waals surface area contributed by atoms with Gasteiger partial charge in [-0.1, -0.05) is 13.3 Å². The molecule has 0 aromatic carbocycles. The molecule has 0 atom stereocenters. The van der Waals surface area contributed by atoms with E-state index in [-0.39, 0.29) is 11.4 Å². The number of methoxy groups -OCH3 is 1. The van der Waals surface area contributed by atoms with E-state index < -0.39 is 5.97 Å². The van der Waals surface area contributed by atoms with Crippen LogP contribution in [0.1, 0.15) is 35.9 Å². The van der Waals surface area contributed by atoms with Crippen LogP contribution in [0, 0.1) is 0 Å². The first kappa shape index (κ1) is 11.4. The van der Waals surface area contributed by atoms with Gasteiger partial charge in [0.1, 0.15) is 17.2 Å². The quantitative estimate of drug-likeness (QED) is 0.753. The highest BCUT2D eigenvalue weighted by atomic mass is 16.5. The Balaban J connectivity index is 2.83. The number of nitrogens with zero attached hydrogens (tertiary/aromatic N) is 2. The number of carbonyl (C=O) groups excluding carboxylic acids is 1. The number of nitrogen functional groups attached to an aromatic ring is 1. The van der Waals surface area contributed by atoms with E-state index in [4.69, 9.17) is 5.73 Å². The number of aromatic nitrogens is 2. The van der Waals surface area contributed by atoms with E-state index in [1.807, 2.05) is 0 Å². The number of anilines is 1. The van der Waals surface area contributed by atoms with E-state index in [1.165, 1.54) is 13.3 Å². The number of unbranched alkanes of at least 4 members (excludes halogenated alkanes) is 1. The Bertz CT molecular complexity index is 353. The molecule has 0 bridgehead atoms. The minimum absolute atomic E-state index is 0.183. The van der Waals surface area contributed by atoms with Gasteiger partial charge in [0.15, 0.2) is 0 Å². The fraction of sp³-hybridized carbons (Fsp3) is 0.500. The average molecular weight is 209 g/mol. The number of ether oxygens (including phenoxy) is 1. The van der Waals surface area contributed by atoms with Crippen LogP contribution in [0.5, 0.6) is 0 Å². The van der Waals surface area contributed by atoms with E-state index in [9.17, 15) is 4.79 Å². The molecule has 1 heterocycles. The lowest BCUT2D eigenvalue weighted by atomic mass is 10.2. The minimum atomic E-state index is -0.505. The molecule has 2 N–H and O–H groups in total. The van der Waals surface area contributed by atoms with Crippen molar-refractivity contribution in [2.45, 2.75) is 26.2 Å². The summed E-state index contributed by atoms with van der Waals surface area (Å²) in [7, 11) is 1.30. The predicted octanol–water partition coefficient (Wildman–Crippen LogP) is 1.19. The number of rotatable bonds is 4. The molecule has 15 heavy (non-hydrogen) atoms. The fourth-order valence-corrected chi connectivity index (χ4v) is 1.16. The normalized spacial score (nSPS) is 10.0. The Morgan fingerprint density at radius 3 is 2.87 bits per heavy atom. The summed E-state index contributed by atoms with van der Waals surface area (Å²) in [4.78, 5) is 19.3. The highest BCUT2D eigenvalue weighted by molar-refractivity contribution is 5.93. The molecule has 0 saturated heterocycles. The van der Waals surface area contributed by atoms with Gasteiger partial charge in [-0.3, -0.25) is 0 Å². The molecular formula is C10H15N3O2. The second-order valence-electron chi connectivity index (χ2n) is 3.18. The second-order valence-corrected chi connectivity index (χ2v) is 3.18. The number of carbonyl (C=O) groups is 1. The third-order valence-electron chi connectivity index (χ3n) is 2.03. The molecule has 1 aromatic rings. The van der Waals surface area contributed by atoms with Gasteiger partial charge in [-0.25, -0.2) is 14.8 Å². The van der Waals surface area contributed by atoms with Crippen molar-refractivity contribution in [3.05, 3.63) is 17.6 Å². The number of hydrogen-bond acceptors (Lipinski definition) is 5. The van der Waals surface area contributed by atoms with Crippen LogP contribution < -0.4 is 5.73 Å². The summed E-state index contributed by atoms with van der Waals surface area (Å²) in [5.41, 5.74) is 5.84. The monoisotopic (exact) mass is 209 g/mol. The molecule has 1 rings (SSSR count). The van der Waals surface area contributed by atoms with Crippen LogP contribution in [0.4, 0.5) is 5.82 Å². The van der Waals surface area contributed by atoms with E-state index in [2.05, 4.69) is 21.6 Å². The summed E-state index contributed by atoms with van der Waals surface area (Å²) in [5.74, 6) is 0.347. The molecule has 0 saturated carbocycles. The maximum Gasteiger partial charge on any atom is 0.343 e. The zero-order chi connectivity index (χ0) is 11.3. The smallest absolute Gasteiger partial charge is 0.343 e. The molecule has 0 spiro atoms. The first-order chi connectivity index (χ1) is 7.19. The van der Waals surface area contributed by atoms with Gasteiger partial charge in [-0.15, -0.1) is 0 Å². The van der Waals surface area contributed by atoms with Crippen molar-refractivity contribution in [3.63, 3.8) is 0 Å². The van der Waals surface area contributed by atoms with Crippen molar-refractivity contribution in [2.75, 3.05) is 12.8 Å². The van der Waals surface area contributed by atoms with Crippen molar-refractivity contribution in [1.29, 1.82) is 0 Å². The lowest BCUT2D eigenvalue weighted by Gasteiger charge is -2.04. The molecule has 0 aliphatic carbocycles.